The summed E-state index contributed by atoms with van der Waals surface area (Å²) in [4.78, 5) is 0. The first-order chi connectivity index (χ1) is 11.0. The predicted octanol–water partition coefficient (Wildman–Crippen LogP) is 3.34. The number of hydrogen-bond donors (Lipinski definition) is 1. The third-order valence-corrected chi connectivity index (χ3v) is 4.55. The Bertz CT molecular complexity index is 732. The zero-order valence-corrected chi connectivity index (χ0v) is 14.0. The van der Waals surface area contributed by atoms with Crippen LogP contribution in [0.5, 0.6) is 5.75 Å². The summed E-state index contributed by atoms with van der Waals surface area (Å²) >= 11 is 0. The van der Waals surface area contributed by atoms with Gasteiger partial charge in [0.15, 0.2) is 0 Å². The van der Waals surface area contributed by atoms with E-state index in [9.17, 15) is 5.11 Å². The third-order valence-electron chi connectivity index (χ3n) is 4.55. The van der Waals surface area contributed by atoms with Gasteiger partial charge in [-0.15, -0.1) is 0 Å². The molecule has 0 bridgehead atoms. The fourth-order valence-electron chi connectivity index (χ4n) is 3.30. The Labute approximate surface area is 136 Å². The van der Waals surface area contributed by atoms with Gasteiger partial charge in [0, 0.05) is 19.8 Å². The van der Waals surface area contributed by atoms with Crippen molar-refractivity contribution in [2.24, 2.45) is 0 Å². The zero-order chi connectivity index (χ0) is 16.6. The number of methoxy groups -OCH3 is 2. The number of rotatable bonds is 4. The molecular weight excluding hydrogens is 292 g/mol. The van der Waals surface area contributed by atoms with Crippen LogP contribution in [0, 0.1) is 13.8 Å². The number of fused-ring (bicyclic) bond motifs is 1. The van der Waals surface area contributed by atoms with Crippen LogP contribution in [0.15, 0.2) is 30.3 Å². The summed E-state index contributed by atoms with van der Waals surface area (Å²) in [5.74, 6) is -0.226. The highest BCUT2D eigenvalue weighted by atomic mass is 16.9. The lowest BCUT2D eigenvalue weighted by atomic mass is 9.90. The molecule has 0 atom stereocenters. The fourth-order valence-corrected chi connectivity index (χ4v) is 3.30. The second-order valence-corrected chi connectivity index (χ2v) is 5.90. The lowest BCUT2D eigenvalue weighted by molar-refractivity contribution is -0.310. The average Bonchev–Trinajstić information content (AvgIpc) is 2.95. The Kier molecular flexibility index (Phi) is 4.15. The first kappa shape index (κ1) is 16.0. The maximum absolute atomic E-state index is 9.38. The minimum absolute atomic E-state index is 0.0381. The van der Waals surface area contributed by atoms with Crippen LogP contribution < -0.4 is 4.74 Å². The molecule has 0 radical (unpaired) electrons. The number of ether oxygens (including phenoxy) is 3. The maximum Gasteiger partial charge on any atom is 0.330 e. The van der Waals surface area contributed by atoms with Gasteiger partial charge < -0.3 is 19.3 Å². The maximum atomic E-state index is 9.38. The van der Waals surface area contributed by atoms with Crippen LogP contribution in [0.2, 0.25) is 0 Å². The Balaban J connectivity index is 2.12. The van der Waals surface area contributed by atoms with Gasteiger partial charge in [0.2, 0.25) is 0 Å². The van der Waals surface area contributed by atoms with E-state index in [0.29, 0.717) is 6.42 Å². The topological polar surface area (TPSA) is 47.9 Å². The molecule has 4 heteroatoms. The zero-order valence-electron chi connectivity index (χ0n) is 14.0. The van der Waals surface area contributed by atoms with E-state index in [1.165, 1.54) is 5.56 Å². The molecule has 0 spiro atoms. The van der Waals surface area contributed by atoms with Crippen molar-refractivity contribution < 1.29 is 19.3 Å². The standard InChI is InChI=1S/C19H22O4/c1-12-8-17-16(10-19(21-3,22-4)23-17)13(2)18(12)15-7-5-6-14(9-15)11-20/h5-9,20H,10-11H2,1-4H3. The molecule has 2 aromatic rings. The third kappa shape index (κ3) is 2.63. The van der Waals surface area contributed by atoms with Crippen LogP contribution in [0.1, 0.15) is 22.3 Å². The molecule has 0 saturated carbocycles. The van der Waals surface area contributed by atoms with E-state index >= 15 is 0 Å². The SMILES string of the molecule is COC1(OC)Cc2c(cc(C)c(-c3cccc(CO)c3)c2C)O1. The summed E-state index contributed by atoms with van der Waals surface area (Å²) in [5.41, 5.74) is 6.56. The molecule has 2 aromatic carbocycles. The van der Waals surface area contributed by atoms with Gasteiger partial charge in [-0.3, -0.25) is 0 Å². The molecular formula is C19H22O4. The van der Waals surface area contributed by atoms with E-state index in [0.717, 1.165) is 33.6 Å². The number of hydrogen-bond acceptors (Lipinski definition) is 4. The Morgan fingerprint density at radius 2 is 1.91 bits per heavy atom. The minimum atomic E-state index is -1.04. The van der Waals surface area contributed by atoms with Gasteiger partial charge in [-0.1, -0.05) is 18.2 Å². The van der Waals surface area contributed by atoms with Crippen molar-refractivity contribution in [3.8, 4) is 16.9 Å². The van der Waals surface area contributed by atoms with Gasteiger partial charge in [0.05, 0.1) is 13.0 Å². The van der Waals surface area contributed by atoms with Crippen LogP contribution in [-0.4, -0.2) is 25.3 Å². The van der Waals surface area contributed by atoms with E-state index in [4.69, 9.17) is 14.2 Å². The van der Waals surface area contributed by atoms with Crippen molar-refractivity contribution in [1.29, 1.82) is 0 Å². The van der Waals surface area contributed by atoms with Gasteiger partial charge in [-0.2, -0.15) is 0 Å². The first-order valence-electron chi connectivity index (χ1n) is 7.66. The molecule has 4 nitrogen and oxygen atoms in total. The lowest BCUT2D eigenvalue weighted by Gasteiger charge is -2.24. The highest BCUT2D eigenvalue weighted by molar-refractivity contribution is 5.74. The second kappa shape index (κ2) is 5.96. The number of aliphatic hydroxyl groups is 1. The van der Waals surface area contributed by atoms with E-state index in [1.807, 2.05) is 24.3 Å². The monoisotopic (exact) mass is 314 g/mol. The van der Waals surface area contributed by atoms with Crippen molar-refractivity contribution in [2.75, 3.05) is 14.2 Å². The fraction of sp³-hybridized carbons (Fsp3) is 0.368. The van der Waals surface area contributed by atoms with Gasteiger partial charge in [-0.25, -0.2) is 0 Å². The highest BCUT2D eigenvalue weighted by Gasteiger charge is 2.41. The molecule has 1 aliphatic rings. The normalized spacial score (nSPS) is 15.3. The van der Waals surface area contributed by atoms with Gasteiger partial charge in [0.25, 0.3) is 0 Å². The predicted molar refractivity (Wildman–Crippen MR) is 88.4 cm³/mol. The molecule has 0 aromatic heterocycles. The van der Waals surface area contributed by atoms with Crippen molar-refractivity contribution >= 4 is 0 Å². The molecule has 0 fully saturated rings. The van der Waals surface area contributed by atoms with E-state index in [-0.39, 0.29) is 6.61 Å². The molecule has 1 heterocycles. The first-order valence-corrected chi connectivity index (χ1v) is 7.66. The smallest absolute Gasteiger partial charge is 0.330 e. The Morgan fingerprint density at radius 3 is 2.57 bits per heavy atom. The van der Waals surface area contributed by atoms with Crippen molar-refractivity contribution in [1.82, 2.24) is 0 Å². The highest BCUT2D eigenvalue weighted by Crippen LogP contribution is 2.43. The summed E-state index contributed by atoms with van der Waals surface area (Å²) < 4.78 is 16.8. The quantitative estimate of drug-likeness (QED) is 0.879. The van der Waals surface area contributed by atoms with Crippen LogP contribution in [0.25, 0.3) is 11.1 Å². The molecule has 1 aliphatic heterocycles. The summed E-state index contributed by atoms with van der Waals surface area (Å²) in [6.07, 6.45) is 0.550. The van der Waals surface area contributed by atoms with Gasteiger partial charge in [-0.05, 0) is 53.8 Å². The number of aliphatic hydroxyl groups excluding tert-OH is 1. The minimum Gasteiger partial charge on any atom is -0.438 e. The summed E-state index contributed by atoms with van der Waals surface area (Å²) in [6.45, 7) is 4.20. The lowest BCUT2D eigenvalue weighted by Crippen LogP contribution is -2.38. The molecule has 23 heavy (non-hydrogen) atoms. The molecule has 0 aliphatic carbocycles. The second-order valence-electron chi connectivity index (χ2n) is 5.90. The van der Waals surface area contributed by atoms with Crippen molar-refractivity contribution in [2.45, 2.75) is 32.8 Å². The molecule has 122 valence electrons. The molecule has 1 N–H and O–H groups in total. The molecule has 0 saturated heterocycles. The summed E-state index contributed by atoms with van der Waals surface area (Å²) in [7, 11) is 3.17. The molecule has 3 rings (SSSR count). The number of aryl methyl sites for hydroxylation is 1. The van der Waals surface area contributed by atoms with Crippen LogP contribution in [0.4, 0.5) is 0 Å². The van der Waals surface area contributed by atoms with E-state index in [1.54, 1.807) is 14.2 Å². The summed E-state index contributed by atoms with van der Waals surface area (Å²) in [5, 5.41) is 9.38. The van der Waals surface area contributed by atoms with Crippen molar-refractivity contribution in [3.05, 3.63) is 52.6 Å². The van der Waals surface area contributed by atoms with Crippen LogP contribution in [0.3, 0.4) is 0 Å². The number of benzene rings is 2. The van der Waals surface area contributed by atoms with Crippen LogP contribution >= 0.6 is 0 Å². The largest absolute Gasteiger partial charge is 0.438 e. The van der Waals surface area contributed by atoms with Crippen LogP contribution in [-0.2, 0) is 22.5 Å². The van der Waals surface area contributed by atoms with Gasteiger partial charge in [0.1, 0.15) is 5.75 Å². The van der Waals surface area contributed by atoms with E-state index < -0.39 is 5.97 Å². The molecule has 0 unspecified atom stereocenters. The van der Waals surface area contributed by atoms with E-state index in [2.05, 4.69) is 19.9 Å². The average molecular weight is 314 g/mol. The Hall–Kier alpha value is -1.88. The van der Waals surface area contributed by atoms with Gasteiger partial charge >= 0.3 is 5.97 Å². The summed E-state index contributed by atoms with van der Waals surface area (Å²) in [6, 6.07) is 10.0. The van der Waals surface area contributed by atoms with Crippen molar-refractivity contribution in [3.63, 3.8) is 0 Å². The molecule has 0 amide bonds. The Morgan fingerprint density at radius 1 is 1.17 bits per heavy atom.